The van der Waals surface area contributed by atoms with E-state index < -0.39 is 11.9 Å². The van der Waals surface area contributed by atoms with E-state index in [0.29, 0.717) is 11.4 Å². The second-order valence-corrected chi connectivity index (χ2v) is 5.35. The van der Waals surface area contributed by atoms with E-state index in [0.717, 1.165) is 5.69 Å². The van der Waals surface area contributed by atoms with Gasteiger partial charge in [-0.3, -0.25) is 4.79 Å². The van der Waals surface area contributed by atoms with Gasteiger partial charge in [0.05, 0.1) is 21.9 Å². The summed E-state index contributed by atoms with van der Waals surface area (Å²) in [7, 11) is 0. The summed E-state index contributed by atoms with van der Waals surface area (Å²) in [5.74, 6) is -0.767. The van der Waals surface area contributed by atoms with E-state index >= 15 is 0 Å². The minimum absolute atomic E-state index is 0.244. The minimum atomic E-state index is -0.654. The first-order valence-corrected chi connectivity index (χ1v) is 7.15. The summed E-state index contributed by atoms with van der Waals surface area (Å²) in [4.78, 5) is 11.7. The third-order valence-electron chi connectivity index (χ3n) is 2.81. The molecule has 1 atom stereocenters. The second-order valence-electron chi connectivity index (χ2n) is 4.55. The molecule has 2 aromatic carbocycles. The molecular formula is C15H15BrFN3O. The lowest BCUT2D eigenvalue weighted by Crippen LogP contribution is -2.32. The molecular weight excluding hydrogens is 337 g/mol. The van der Waals surface area contributed by atoms with Gasteiger partial charge >= 0.3 is 0 Å². The van der Waals surface area contributed by atoms with Crippen molar-refractivity contribution in [3.05, 3.63) is 52.8 Å². The summed E-state index contributed by atoms with van der Waals surface area (Å²) in [5, 5.41) is 5.76. The van der Waals surface area contributed by atoms with Gasteiger partial charge in [-0.2, -0.15) is 0 Å². The first kappa shape index (κ1) is 15.5. The molecule has 1 amide bonds. The van der Waals surface area contributed by atoms with Crippen LogP contribution >= 0.6 is 15.9 Å². The normalized spacial score (nSPS) is 11.8. The number of amides is 1. The third kappa shape index (κ3) is 3.80. The van der Waals surface area contributed by atoms with Crippen LogP contribution in [0, 0.1) is 5.82 Å². The Bertz CT molecular complexity index is 647. The van der Waals surface area contributed by atoms with Gasteiger partial charge in [0, 0.05) is 5.69 Å². The van der Waals surface area contributed by atoms with Crippen molar-refractivity contribution in [1.82, 2.24) is 0 Å². The fourth-order valence-electron chi connectivity index (χ4n) is 1.69. The van der Waals surface area contributed by atoms with Crippen molar-refractivity contribution in [2.75, 3.05) is 10.6 Å². The summed E-state index contributed by atoms with van der Waals surface area (Å²) in [6.07, 6.45) is 0. The van der Waals surface area contributed by atoms with Crippen LogP contribution in [0.2, 0.25) is 0 Å². The molecule has 110 valence electrons. The average Bonchev–Trinajstić information content (AvgIpc) is 2.47. The summed E-state index contributed by atoms with van der Waals surface area (Å²) in [5.41, 5.74) is 7.21. The average molecular weight is 352 g/mol. The van der Waals surface area contributed by atoms with E-state index in [1.54, 1.807) is 6.92 Å². The van der Waals surface area contributed by atoms with Crippen LogP contribution in [0.4, 0.5) is 21.5 Å². The number of rotatable bonds is 4. The highest BCUT2D eigenvalue weighted by Gasteiger charge is 2.15. The fraction of sp³-hybridized carbons (Fsp3) is 0.133. The zero-order chi connectivity index (χ0) is 15.4. The predicted octanol–water partition coefficient (Wildman–Crippen LogP) is 3.62. The SMILES string of the molecule is CC(N)C(=O)Nc1ccc(F)c(Br)c1Nc1ccccc1. The lowest BCUT2D eigenvalue weighted by Gasteiger charge is -2.16. The number of halogens is 2. The first-order valence-electron chi connectivity index (χ1n) is 6.35. The van der Waals surface area contributed by atoms with Crippen LogP contribution in [0.3, 0.4) is 0 Å². The molecule has 1 unspecified atom stereocenters. The Balaban J connectivity index is 2.37. The number of hydrogen-bond donors (Lipinski definition) is 3. The molecule has 0 aliphatic carbocycles. The largest absolute Gasteiger partial charge is 0.353 e. The molecule has 0 aliphatic heterocycles. The number of carbonyl (C=O) groups excluding carboxylic acids is 1. The Kier molecular flexibility index (Phi) is 4.93. The number of hydrogen-bond acceptors (Lipinski definition) is 3. The van der Waals surface area contributed by atoms with Crippen LogP contribution in [0.25, 0.3) is 0 Å². The van der Waals surface area contributed by atoms with Crippen LogP contribution in [-0.4, -0.2) is 11.9 Å². The molecule has 4 N–H and O–H groups in total. The quantitative estimate of drug-likeness (QED) is 0.787. The zero-order valence-corrected chi connectivity index (χ0v) is 12.9. The number of nitrogens with one attached hydrogen (secondary N) is 2. The topological polar surface area (TPSA) is 67.2 Å². The van der Waals surface area contributed by atoms with Gasteiger partial charge in [0.2, 0.25) is 5.91 Å². The Morgan fingerprint density at radius 3 is 2.52 bits per heavy atom. The summed E-state index contributed by atoms with van der Waals surface area (Å²) in [6.45, 7) is 1.58. The van der Waals surface area contributed by atoms with Crippen molar-refractivity contribution < 1.29 is 9.18 Å². The maximum Gasteiger partial charge on any atom is 0.241 e. The highest BCUT2D eigenvalue weighted by molar-refractivity contribution is 9.10. The molecule has 0 saturated carbocycles. The Labute approximate surface area is 130 Å². The number of benzene rings is 2. The molecule has 2 aromatic rings. The maximum absolute atomic E-state index is 13.7. The molecule has 0 aliphatic rings. The Hall–Kier alpha value is -1.92. The van der Waals surface area contributed by atoms with Gasteiger partial charge in [0.15, 0.2) is 0 Å². The van der Waals surface area contributed by atoms with Crippen molar-refractivity contribution in [2.45, 2.75) is 13.0 Å². The molecule has 0 radical (unpaired) electrons. The maximum atomic E-state index is 13.7. The number of nitrogens with two attached hydrogens (primary N) is 1. The van der Waals surface area contributed by atoms with Gasteiger partial charge in [-0.05, 0) is 47.1 Å². The molecule has 0 bridgehead atoms. The van der Waals surface area contributed by atoms with Crippen LogP contribution in [0.5, 0.6) is 0 Å². The highest BCUT2D eigenvalue weighted by Crippen LogP contribution is 2.35. The number of carbonyl (C=O) groups is 1. The van der Waals surface area contributed by atoms with Crippen LogP contribution < -0.4 is 16.4 Å². The van der Waals surface area contributed by atoms with E-state index in [2.05, 4.69) is 26.6 Å². The van der Waals surface area contributed by atoms with E-state index in [1.165, 1.54) is 12.1 Å². The van der Waals surface area contributed by atoms with Gasteiger partial charge in [0.1, 0.15) is 5.82 Å². The monoisotopic (exact) mass is 351 g/mol. The van der Waals surface area contributed by atoms with Gasteiger partial charge < -0.3 is 16.4 Å². The molecule has 2 rings (SSSR count). The van der Waals surface area contributed by atoms with Gasteiger partial charge in [-0.15, -0.1) is 0 Å². The van der Waals surface area contributed by atoms with Gasteiger partial charge in [-0.25, -0.2) is 4.39 Å². The van der Waals surface area contributed by atoms with Crippen molar-refractivity contribution in [3.8, 4) is 0 Å². The number of para-hydroxylation sites is 1. The summed E-state index contributed by atoms with van der Waals surface area (Å²) in [6, 6.07) is 11.4. The predicted molar refractivity (Wildman–Crippen MR) is 86.1 cm³/mol. The smallest absolute Gasteiger partial charge is 0.241 e. The standard InChI is InChI=1S/C15H15BrFN3O/c1-9(18)15(21)20-12-8-7-11(17)13(16)14(12)19-10-5-3-2-4-6-10/h2-9,19H,18H2,1H3,(H,20,21). The summed E-state index contributed by atoms with van der Waals surface area (Å²) < 4.78 is 14.0. The van der Waals surface area contributed by atoms with Crippen LogP contribution in [-0.2, 0) is 4.79 Å². The Morgan fingerprint density at radius 1 is 1.24 bits per heavy atom. The van der Waals surface area contributed by atoms with E-state index in [4.69, 9.17) is 5.73 Å². The Morgan fingerprint density at radius 2 is 1.90 bits per heavy atom. The van der Waals surface area contributed by atoms with Crippen molar-refractivity contribution >= 4 is 38.9 Å². The third-order valence-corrected chi connectivity index (χ3v) is 3.58. The lowest BCUT2D eigenvalue weighted by atomic mass is 10.2. The molecule has 0 saturated heterocycles. The van der Waals surface area contributed by atoms with Crippen molar-refractivity contribution in [3.63, 3.8) is 0 Å². The van der Waals surface area contributed by atoms with Crippen molar-refractivity contribution in [1.29, 1.82) is 0 Å². The van der Waals surface area contributed by atoms with Crippen LogP contribution in [0.1, 0.15) is 6.92 Å². The minimum Gasteiger partial charge on any atom is -0.353 e. The zero-order valence-electron chi connectivity index (χ0n) is 11.4. The lowest BCUT2D eigenvalue weighted by molar-refractivity contribution is -0.117. The molecule has 4 nitrogen and oxygen atoms in total. The highest BCUT2D eigenvalue weighted by atomic mass is 79.9. The van der Waals surface area contributed by atoms with E-state index in [-0.39, 0.29) is 10.4 Å². The number of anilines is 3. The van der Waals surface area contributed by atoms with Gasteiger partial charge in [-0.1, -0.05) is 18.2 Å². The molecule has 0 heterocycles. The molecule has 21 heavy (non-hydrogen) atoms. The molecule has 0 fully saturated rings. The van der Waals surface area contributed by atoms with Gasteiger partial charge in [0.25, 0.3) is 0 Å². The fourth-order valence-corrected chi connectivity index (χ4v) is 2.13. The second kappa shape index (κ2) is 6.69. The summed E-state index contributed by atoms with van der Waals surface area (Å²) >= 11 is 3.20. The molecule has 0 spiro atoms. The first-order chi connectivity index (χ1) is 9.99. The molecule has 0 aromatic heterocycles. The van der Waals surface area contributed by atoms with E-state index in [1.807, 2.05) is 30.3 Å². The van der Waals surface area contributed by atoms with Crippen LogP contribution in [0.15, 0.2) is 46.9 Å². The van der Waals surface area contributed by atoms with Crippen molar-refractivity contribution in [2.24, 2.45) is 5.73 Å². The molecule has 6 heteroatoms. The van der Waals surface area contributed by atoms with E-state index in [9.17, 15) is 9.18 Å².